The van der Waals surface area contributed by atoms with Crippen LogP contribution in [0.3, 0.4) is 0 Å². The van der Waals surface area contributed by atoms with Crippen molar-refractivity contribution in [2.75, 3.05) is 16.6 Å². The van der Waals surface area contributed by atoms with Crippen LogP contribution in [0.4, 0.5) is 5.69 Å². The van der Waals surface area contributed by atoms with Crippen LogP contribution in [0.2, 0.25) is 0 Å². The Bertz CT molecular complexity index is 1250. The number of aryl methyl sites for hydroxylation is 1. The molecule has 3 aromatic carbocycles. The molecule has 1 heterocycles. The summed E-state index contributed by atoms with van der Waals surface area (Å²) in [6.45, 7) is 1.86. The van der Waals surface area contributed by atoms with Crippen LogP contribution < -0.4 is 4.31 Å². The van der Waals surface area contributed by atoms with E-state index in [1.54, 1.807) is 66.7 Å². The molecule has 4 rings (SSSR count). The Hall–Kier alpha value is -2.83. The predicted molar refractivity (Wildman–Crippen MR) is 118 cm³/mol. The van der Waals surface area contributed by atoms with Crippen molar-refractivity contribution in [3.05, 3.63) is 77.9 Å². The Kier molecular flexibility index (Phi) is 5.08. The number of anilines is 1. The van der Waals surface area contributed by atoms with Gasteiger partial charge in [-0.1, -0.05) is 35.9 Å². The summed E-state index contributed by atoms with van der Waals surface area (Å²) < 4.78 is 49.0. The second-order valence-electron chi connectivity index (χ2n) is 7.13. The second-order valence-corrected chi connectivity index (χ2v) is 11.2. The van der Waals surface area contributed by atoms with Crippen LogP contribution >= 0.6 is 10.6 Å². The minimum absolute atomic E-state index is 0.0254. The maximum absolute atomic E-state index is 13.3. The molecule has 0 bridgehead atoms. The van der Waals surface area contributed by atoms with Crippen LogP contribution in [0.25, 0.3) is 11.1 Å². The van der Waals surface area contributed by atoms with E-state index < -0.39 is 20.6 Å². The van der Waals surface area contributed by atoms with E-state index in [0.717, 1.165) is 16.7 Å². The molecule has 0 amide bonds. The monoisotopic (exact) mass is 440 g/mol. The molecule has 0 atom stereocenters. The van der Waals surface area contributed by atoms with Crippen molar-refractivity contribution >= 4 is 26.3 Å². The number of benzene rings is 3. The van der Waals surface area contributed by atoms with E-state index in [2.05, 4.69) is 6.07 Å². The highest BCUT2D eigenvalue weighted by Gasteiger charge is 2.36. The van der Waals surface area contributed by atoms with Crippen molar-refractivity contribution in [1.82, 2.24) is 0 Å². The first kappa shape index (κ1) is 20.4. The topological polar surface area (TPSA) is 102 Å². The zero-order valence-electron chi connectivity index (χ0n) is 16.2. The molecule has 1 aliphatic rings. The molecule has 2 N–H and O–H groups in total. The van der Waals surface area contributed by atoms with E-state index in [0.29, 0.717) is 5.56 Å². The molecular formula is C22H20N2O4S2. The Morgan fingerprint density at radius 3 is 2.23 bits per heavy atom. The van der Waals surface area contributed by atoms with E-state index in [9.17, 15) is 17.5 Å². The molecule has 0 saturated carbocycles. The van der Waals surface area contributed by atoms with Gasteiger partial charge in [0.2, 0.25) is 0 Å². The quantitative estimate of drug-likeness (QED) is 0.606. The standard InChI is InChI=1S/C22H20N2O4S2/c1-16-2-9-20(10-3-16)30(27,28)24-12-13-29(25,26)22-11-8-19(14-21(22)24)18-6-4-17(15-23)5-7-18/h2-11,14,25-26H,12-13H2,1H3. The molecule has 30 heavy (non-hydrogen) atoms. The van der Waals surface area contributed by atoms with E-state index in [1.165, 1.54) is 4.31 Å². The number of fused-ring (bicyclic) bond motifs is 1. The van der Waals surface area contributed by atoms with Crippen molar-refractivity contribution in [2.45, 2.75) is 16.7 Å². The number of hydrogen-bond donors (Lipinski definition) is 2. The van der Waals surface area contributed by atoms with Crippen LogP contribution in [0, 0.1) is 18.3 Å². The highest BCUT2D eigenvalue weighted by atomic mass is 32.3. The summed E-state index contributed by atoms with van der Waals surface area (Å²) in [6.07, 6.45) is 0. The first-order valence-electron chi connectivity index (χ1n) is 9.22. The molecule has 0 spiro atoms. The molecule has 0 fully saturated rings. The summed E-state index contributed by atoms with van der Waals surface area (Å²) in [6, 6.07) is 20.5. The van der Waals surface area contributed by atoms with E-state index in [-0.39, 0.29) is 27.8 Å². The maximum atomic E-state index is 13.3. The van der Waals surface area contributed by atoms with Gasteiger partial charge in [-0.2, -0.15) is 15.9 Å². The van der Waals surface area contributed by atoms with Crippen LogP contribution in [0.15, 0.2) is 76.5 Å². The smallest absolute Gasteiger partial charge is 0.264 e. The van der Waals surface area contributed by atoms with Gasteiger partial charge in [0.25, 0.3) is 10.0 Å². The molecular weight excluding hydrogens is 420 g/mol. The van der Waals surface area contributed by atoms with Gasteiger partial charge in [0, 0.05) is 0 Å². The van der Waals surface area contributed by atoms with Gasteiger partial charge in [0.1, 0.15) is 0 Å². The zero-order valence-corrected chi connectivity index (χ0v) is 17.8. The molecule has 154 valence electrons. The normalized spacial score (nSPS) is 16.4. The highest BCUT2D eigenvalue weighted by molar-refractivity contribution is 8.24. The maximum Gasteiger partial charge on any atom is 0.264 e. The molecule has 3 aromatic rings. The van der Waals surface area contributed by atoms with Gasteiger partial charge in [-0.3, -0.25) is 13.4 Å². The van der Waals surface area contributed by atoms with E-state index in [4.69, 9.17) is 5.26 Å². The highest BCUT2D eigenvalue weighted by Crippen LogP contribution is 2.56. The van der Waals surface area contributed by atoms with Crippen LogP contribution in [-0.2, 0) is 10.0 Å². The van der Waals surface area contributed by atoms with Crippen LogP contribution in [0.5, 0.6) is 0 Å². The number of rotatable bonds is 3. The zero-order chi connectivity index (χ0) is 21.5. The third-order valence-corrected chi connectivity index (χ3v) is 8.74. The van der Waals surface area contributed by atoms with Crippen molar-refractivity contribution in [2.24, 2.45) is 0 Å². The SMILES string of the molecule is Cc1ccc(S(=O)(=O)N2CCS(O)(O)c3ccc(-c4ccc(C#N)cc4)cc32)cc1. The van der Waals surface area contributed by atoms with E-state index >= 15 is 0 Å². The van der Waals surface area contributed by atoms with Gasteiger partial charge in [0.15, 0.2) is 0 Å². The first-order chi connectivity index (χ1) is 14.2. The second kappa shape index (κ2) is 7.45. The average molecular weight is 441 g/mol. The summed E-state index contributed by atoms with van der Waals surface area (Å²) >= 11 is 0. The van der Waals surface area contributed by atoms with Gasteiger partial charge in [-0.05, 0) is 54.4 Å². The molecule has 8 heteroatoms. The van der Waals surface area contributed by atoms with Gasteiger partial charge >= 0.3 is 0 Å². The largest absolute Gasteiger partial charge is 0.295 e. The summed E-state index contributed by atoms with van der Waals surface area (Å²) in [5.41, 5.74) is 3.26. The van der Waals surface area contributed by atoms with Crippen molar-refractivity contribution in [3.8, 4) is 17.2 Å². The fourth-order valence-electron chi connectivity index (χ4n) is 3.43. The number of nitriles is 1. The lowest BCUT2D eigenvalue weighted by Gasteiger charge is -2.42. The lowest BCUT2D eigenvalue weighted by atomic mass is 10.0. The minimum atomic E-state index is -3.87. The van der Waals surface area contributed by atoms with Gasteiger partial charge in [-0.15, -0.1) is 0 Å². The van der Waals surface area contributed by atoms with Gasteiger partial charge in [0.05, 0.1) is 39.4 Å². The van der Waals surface area contributed by atoms with Gasteiger partial charge < -0.3 is 0 Å². The minimum Gasteiger partial charge on any atom is -0.295 e. The third-order valence-electron chi connectivity index (χ3n) is 5.12. The molecule has 6 nitrogen and oxygen atoms in total. The third kappa shape index (κ3) is 3.57. The van der Waals surface area contributed by atoms with Crippen molar-refractivity contribution in [3.63, 3.8) is 0 Å². The van der Waals surface area contributed by atoms with Crippen molar-refractivity contribution in [1.29, 1.82) is 5.26 Å². The number of hydrogen-bond acceptors (Lipinski definition) is 5. The molecule has 0 aromatic heterocycles. The fourth-order valence-corrected chi connectivity index (χ4v) is 6.53. The van der Waals surface area contributed by atoms with Crippen molar-refractivity contribution < 1.29 is 17.5 Å². The predicted octanol–water partition coefficient (Wildman–Crippen LogP) is 4.85. The number of nitrogens with zero attached hydrogens (tertiary/aromatic N) is 2. The Morgan fingerprint density at radius 2 is 1.60 bits per heavy atom. The molecule has 0 radical (unpaired) electrons. The van der Waals surface area contributed by atoms with E-state index in [1.807, 2.05) is 6.92 Å². The summed E-state index contributed by atoms with van der Waals surface area (Å²) in [5, 5.41) is 8.99. The fraction of sp³-hybridized carbons (Fsp3) is 0.136. The molecule has 0 unspecified atom stereocenters. The molecule has 1 aliphatic heterocycles. The molecule has 0 saturated heterocycles. The summed E-state index contributed by atoms with van der Waals surface area (Å²) in [7, 11) is -6.95. The van der Waals surface area contributed by atoms with Crippen LogP contribution in [0.1, 0.15) is 11.1 Å². The average Bonchev–Trinajstić information content (AvgIpc) is 2.73. The molecule has 0 aliphatic carbocycles. The summed E-state index contributed by atoms with van der Waals surface area (Å²) in [4.78, 5) is 0.378. The van der Waals surface area contributed by atoms with Gasteiger partial charge in [-0.25, -0.2) is 8.42 Å². The first-order valence-corrected chi connectivity index (χ1v) is 12.4. The lowest BCUT2D eigenvalue weighted by Crippen LogP contribution is -2.38. The lowest BCUT2D eigenvalue weighted by molar-refractivity contribution is 0.484. The Balaban J connectivity index is 1.84. The Morgan fingerprint density at radius 1 is 0.967 bits per heavy atom. The van der Waals surface area contributed by atoms with Crippen LogP contribution in [-0.4, -0.2) is 29.8 Å². The number of sulfonamides is 1. The summed E-state index contributed by atoms with van der Waals surface area (Å²) in [5.74, 6) is -0.0543. The Labute approximate surface area is 177 Å².